The third kappa shape index (κ3) is 6.76. The Hall–Kier alpha value is -0.0800. The van der Waals surface area contributed by atoms with Crippen molar-refractivity contribution in [2.24, 2.45) is 11.8 Å². The van der Waals surface area contributed by atoms with Gasteiger partial charge in [-0.25, -0.2) is 0 Å². The lowest BCUT2D eigenvalue weighted by Gasteiger charge is -2.34. The fourth-order valence-electron chi connectivity index (χ4n) is 3.65. The van der Waals surface area contributed by atoms with Crippen molar-refractivity contribution in [3.8, 4) is 0 Å². The molecule has 0 aromatic carbocycles. The van der Waals surface area contributed by atoms with Crippen LogP contribution in [0.5, 0.6) is 0 Å². The summed E-state index contributed by atoms with van der Waals surface area (Å²) in [5.41, 5.74) is 0. The van der Waals surface area contributed by atoms with Gasteiger partial charge in [-0.2, -0.15) is 0 Å². The Morgan fingerprint density at radius 3 is 2.37 bits per heavy atom. The van der Waals surface area contributed by atoms with Gasteiger partial charge in [0.15, 0.2) is 0 Å². The Balaban J connectivity index is 2.31. The van der Waals surface area contributed by atoms with E-state index >= 15 is 0 Å². The third-order valence-corrected chi connectivity index (χ3v) is 4.53. The van der Waals surface area contributed by atoms with Crippen molar-refractivity contribution in [2.75, 3.05) is 19.6 Å². The summed E-state index contributed by atoms with van der Waals surface area (Å²) in [4.78, 5) is 2.52. The van der Waals surface area contributed by atoms with Crippen LogP contribution in [0.15, 0.2) is 0 Å². The zero-order chi connectivity index (χ0) is 14.3. The van der Waals surface area contributed by atoms with Crippen LogP contribution in [-0.4, -0.2) is 36.6 Å². The molecule has 3 atom stereocenters. The van der Waals surface area contributed by atoms with Crippen molar-refractivity contribution < 1.29 is 0 Å². The molecule has 0 aromatic rings. The normalized spacial score (nSPS) is 26.1. The first-order valence-electron chi connectivity index (χ1n) is 8.53. The SMILES string of the molecule is CCN(CC)CC(C)NC1CCCC(CC(C)C)C1. The zero-order valence-corrected chi connectivity index (χ0v) is 13.9. The zero-order valence-electron chi connectivity index (χ0n) is 13.9. The van der Waals surface area contributed by atoms with Crippen molar-refractivity contribution in [3.05, 3.63) is 0 Å². The van der Waals surface area contributed by atoms with E-state index in [4.69, 9.17) is 0 Å². The molecule has 1 aliphatic carbocycles. The molecule has 1 N–H and O–H groups in total. The van der Waals surface area contributed by atoms with Crippen LogP contribution in [0, 0.1) is 11.8 Å². The number of hydrogen-bond acceptors (Lipinski definition) is 2. The maximum Gasteiger partial charge on any atom is 0.0169 e. The van der Waals surface area contributed by atoms with E-state index in [1.54, 1.807) is 0 Å². The van der Waals surface area contributed by atoms with Gasteiger partial charge in [-0.15, -0.1) is 0 Å². The highest BCUT2D eigenvalue weighted by atomic mass is 15.1. The highest BCUT2D eigenvalue weighted by molar-refractivity contribution is 4.81. The van der Waals surface area contributed by atoms with Gasteiger partial charge < -0.3 is 10.2 Å². The summed E-state index contributed by atoms with van der Waals surface area (Å²) in [5, 5.41) is 3.88. The minimum atomic E-state index is 0.627. The van der Waals surface area contributed by atoms with Crippen molar-refractivity contribution in [3.63, 3.8) is 0 Å². The maximum absolute atomic E-state index is 3.88. The van der Waals surface area contributed by atoms with Gasteiger partial charge in [0.25, 0.3) is 0 Å². The average molecular weight is 268 g/mol. The van der Waals surface area contributed by atoms with Gasteiger partial charge in [0.05, 0.1) is 0 Å². The van der Waals surface area contributed by atoms with Gasteiger partial charge >= 0.3 is 0 Å². The molecule has 0 radical (unpaired) electrons. The van der Waals surface area contributed by atoms with Crippen molar-refractivity contribution >= 4 is 0 Å². The molecule has 0 aliphatic heterocycles. The first-order valence-corrected chi connectivity index (χ1v) is 8.53. The number of nitrogens with one attached hydrogen (secondary N) is 1. The van der Waals surface area contributed by atoms with Gasteiger partial charge in [-0.1, -0.05) is 40.5 Å². The molecule has 2 heteroatoms. The van der Waals surface area contributed by atoms with Crippen LogP contribution in [0.4, 0.5) is 0 Å². The molecule has 19 heavy (non-hydrogen) atoms. The molecule has 1 saturated carbocycles. The van der Waals surface area contributed by atoms with Crippen LogP contribution < -0.4 is 5.32 Å². The van der Waals surface area contributed by atoms with Crippen LogP contribution in [0.2, 0.25) is 0 Å². The minimum Gasteiger partial charge on any atom is -0.310 e. The first kappa shape index (κ1) is 17.0. The molecule has 0 saturated heterocycles. The van der Waals surface area contributed by atoms with Crippen molar-refractivity contribution in [2.45, 2.75) is 78.8 Å². The van der Waals surface area contributed by atoms with E-state index in [0.717, 1.165) is 17.9 Å². The van der Waals surface area contributed by atoms with E-state index in [0.29, 0.717) is 6.04 Å². The second kappa shape index (κ2) is 8.97. The average Bonchev–Trinajstić information content (AvgIpc) is 2.35. The van der Waals surface area contributed by atoms with Crippen LogP contribution in [-0.2, 0) is 0 Å². The second-order valence-corrected chi connectivity index (χ2v) is 6.91. The molecule has 2 nitrogen and oxygen atoms in total. The molecule has 0 heterocycles. The summed E-state index contributed by atoms with van der Waals surface area (Å²) >= 11 is 0. The molecule has 3 unspecified atom stereocenters. The van der Waals surface area contributed by atoms with Crippen molar-refractivity contribution in [1.82, 2.24) is 10.2 Å². The molecule has 1 fully saturated rings. The molecule has 0 bridgehead atoms. The van der Waals surface area contributed by atoms with Gasteiger partial charge in [0, 0.05) is 18.6 Å². The molecule has 1 aliphatic rings. The number of hydrogen-bond donors (Lipinski definition) is 1. The summed E-state index contributed by atoms with van der Waals surface area (Å²) in [6, 6.07) is 1.39. The van der Waals surface area contributed by atoms with E-state index in [2.05, 4.69) is 44.8 Å². The summed E-state index contributed by atoms with van der Waals surface area (Å²) in [6.45, 7) is 15.1. The van der Waals surface area contributed by atoms with Crippen LogP contribution in [0.3, 0.4) is 0 Å². The van der Waals surface area contributed by atoms with Crippen LogP contribution in [0.1, 0.15) is 66.7 Å². The lowest BCUT2D eigenvalue weighted by Crippen LogP contribution is -2.45. The van der Waals surface area contributed by atoms with Crippen molar-refractivity contribution in [1.29, 1.82) is 0 Å². The molecule has 0 aromatic heterocycles. The number of nitrogens with zero attached hydrogens (tertiary/aromatic N) is 1. The lowest BCUT2D eigenvalue weighted by atomic mass is 9.81. The van der Waals surface area contributed by atoms with Gasteiger partial charge in [-0.3, -0.25) is 0 Å². The Bertz CT molecular complexity index is 223. The summed E-state index contributed by atoms with van der Waals surface area (Å²) in [7, 11) is 0. The predicted octanol–water partition coefficient (Wildman–Crippen LogP) is 3.91. The Morgan fingerprint density at radius 2 is 1.79 bits per heavy atom. The third-order valence-electron chi connectivity index (χ3n) is 4.53. The molecule has 114 valence electrons. The van der Waals surface area contributed by atoms with E-state index in [1.165, 1.54) is 51.7 Å². The highest BCUT2D eigenvalue weighted by Gasteiger charge is 2.23. The molecule has 0 amide bonds. The Kier molecular flexibility index (Phi) is 8.01. The molecule has 1 rings (SSSR count). The molecular formula is C17H36N2. The Morgan fingerprint density at radius 1 is 1.11 bits per heavy atom. The van der Waals surface area contributed by atoms with E-state index in [1.807, 2.05) is 0 Å². The summed E-state index contributed by atoms with van der Waals surface area (Å²) in [6.07, 6.45) is 7.09. The fraction of sp³-hybridized carbons (Fsp3) is 1.00. The smallest absolute Gasteiger partial charge is 0.0169 e. The summed E-state index contributed by atoms with van der Waals surface area (Å²) in [5.74, 6) is 1.82. The lowest BCUT2D eigenvalue weighted by molar-refractivity contribution is 0.215. The topological polar surface area (TPSA) is 15.3 Å². The maximum atomic E-state index is 3.88. The van der Waals surface area contributed by atoms with E-state index < -0.39 is 0 Å². The predicted molar refractivity (Wildman–Crippen MR) is 85.6 cm³/mol. The second-order valence-electron chi connectivity index (χ2n) is 6.91. The highest BCUT2D eigenvalue weighted by Crippen LogP contribution is 2.29. The van der Waals surface area contributed by atoms with Gasteiger partial charge in [0.2, 0.25) is 0 Å². The first-order chi connectivity index (χ1) is 9.05. The fourth-order valence-corrected chi connectivity index (χ4v) is 3.65. The van der Waals surface area contributed by atoms with Crippen LogP contribution in [0.25, 0.3) is 0 Å². The molecule has 0 spiro atoms. The van der Waals surface area contributed by atoms with Gasteiger partial charge in [-0.05, 0) is 51.1 Å². The Labute approximate surface area is 121 Å². The number of rotatable bonds is 8. The monoisotopic (exact) mass is 268 g/mol. The van der Waals surface area contributed by atoms with Crippen LogP contribution >= 0.6 is 0 Å². The minimum absolute atomic E-state index is 0.627. The van der Waals surface area contributed by atoms with Gasteiger partial charge in [0.1, 0.15) is 0 Å². The quantitative estimate of drug-likeness (QED) is 0.718. The largest absolute Gasteiger partial charge is 0.310 e. The summed E-state index contributed by atoms with van der Waals surface area (Å²) < 4.78 is 0. The number of likely N-dealkylation sites (N-methyl/N-ethyl adjacent to an activating group) is 1. The standard InChI is InChI=1S/C17H36N2/c1-6-19(7-2)13-15(5)18-17-10-8-9-16(12-17)11-14(3)4/h14-18H,6-13H2,1-5H3. The van der Waals surface area contributed by atoms with E-state index in [9.17, 15) is 0 Å². The van der Waals surface area contributed by atoms with E-state index in [-0.39, 0.29) is 0 Å². The molecular weight excluding hydrogens is 232 g/mol.